The highest BCUT2D eigenvalue weighted by atomic mass is 32.2. The van der Waals surface area contributed by atoms with Crippen molar-refractivity contribution in [2.24, 2.45) is 16.8 Å². The van der Waals surface area contributed by atoms with E-state index in [2.05, 4.69) is 5.10 Å². The SMILES string of the molecule is N/N=C(/SCC=O)N(N)c1ccc(C(=O)O)cc1F. The molecule has 0 aliphatic heterocycles. The zero-order valence-corrected chi connectivity index (χ0v) is 10.4. The van der Waals surface area contributed by atoms with Gasteiger partial charge >= 0.3 is 5.97 Å². The quantitative estimate of drug-likeness (QED) is 0.240. The van der Waals surface area contributed by atoms with Crippen molar-refractivity contribution in [2.75, 3.05) is 10.8 Å². The van der Waals surface area contributed by atoms with Crippen LogP contribution in [-0.2, 0) is 4.79 Å². The van der Waals surface area contributed by atoms with Crippen LogP contribution in [0.5, 0.6) is 0 Å². The minimum Gasteiger partial charge on any atom is -0.478 e. The maximum absolute atomic E-state index is 13.7. The van der Waals surface area contributed by atoms with Crippen molar-refractivity contribution < 1.29 is 19.1 Å². The number of hydrazine groups is 1. The Morgan fingerprint density at radius 2 is 2.26 bits per heavy atom. The molecule has 0 atom stereocenters. The van der Waals surface area contributed by atoms with Gasteiger partial charge in [-0.15, -0.1) is 0 Å². The highest BCUT2D eigenvalue weighted by molar-refractivity contribution is 8.14. The lowest BCUT2D eigenvalue weighted by atomic mass is 10.2. The molecular formula is C10H11FN4O3S. The van der Waals surface area contributed by atoms with Gasteiger partial charge in [-0.3, -0.25) is 5.01 Å². The van der Waals surface area contributed by atoms with Crippen molar-refractivity contribution in [2.45, 2.75) is 0 Å². The molecule has 1 aromatic carbocycles. The average Bonchev–Trinajstić information content (AvgIpc) is 2.39. The molecule has 7 nitrogen and oxygen atoms in total. The largest absolute Gasteiger partial charge is 0.478 e. The summed E-state index contributed by atoms with van der Waals surface area (Å²) in [6.45, 7) is 0. The molecule has 19 heavy (non-hydrogen) atoms. The molecule has 1 rings (SSSR count). The van der Waals surface area contributed by atoms with Crippen molar-refractivity contribution in [1.29, 1.82) is 0 Å². The Bertz CT molecular complexity index is 523. The number of benzene rings is 1. The summed E-state index contributed by atoms with van der Waals surface area (Å²) < 4.78 is 13.7. The number of carboxylic acids is 1. The van der Waals surface area contributed by atoms with Gasteiger partial charge in [0.05, 0.1) is 17.0 Å². The summed E-state index contributed by atoms with van der Waals surface area (Å²) in [6, 6.07) is 3.21. The number of hydrogen-bond donors (Lipinski definition) is 3. The second-order valence-electron chi connectivity index (χ2n) is 3.23. The second kappa shape index (κ2) is 6.71. The van der Waals surface area contributed by atoms with Crippen LogP contribution in [0.25, 0.3) is 0 Å². The molecule has 0 spiro atoms. The van der Waals surface area contributed by atoms with Crippen LogP contribution < -0.4 is 16.7 Å². The number of thioether (sulfide) groups is 1. The van der Waals surface area contributed by atoms with Gasteiger partial charge < -0.3 is 15.7 Å². The Kier molecular flexibility index (Phi) is 5.27. The summed E-state index contributed by atoms with van der Waals surface area (Å²) in [6.07, 6.45) is 0.619. The Morgan fingerprint density at radius 1 is 1.58 bits per heavy atom. The van der Waals surface area contributed by atoms with E-state index in [0.717, 1.165) is 22.8 Å². The van der Waals surface area contributed by atoms with E-state index >= 15 is 0 Å². The van der Waals surface area contributed by atoms with Crippen LogP contribution in [0.2, 0.25) is 0 Å². The Labute approximate surface area is 112 Å². The predicted molar refractivity (Wildman–Crippen MR) is 70.2 cm³/mol. The van der Waals surface area contributed by atoms with Crippen molar-refractivity contribution in [1.82, 2.24) is 0 Å². The summed E-state index contributed by atoms with van der Waals surface area (Å²) in [5, 5.41) is 12.9. The van der Waals surface area contributed by atoms with Crippen molar-refractivity contribution in [3.05, 3.63) is 29.6 Å². The molecule has 0 saturated heterocycles. The molecule has 0 amide bonds. The molecule has 0 unspecified atom stereocenters. The number of carbonyl (C=O) groups is 2. The number of halogens is 1. The normalized spacial score (nSPS) is 11.2. The smallest absolute Gasteiger partial charge is 0.335 e. The van der Waals surface area contributed by atoms with Crippen molar-refractivity contribution in [3.8, 4) is 0 Å². The maximum atomic E-state index is 13.7. The van der Waals surface area contributed by atoms with Gasteiger partial charge in [-0.2, -0.15) is 5.10 Å². The zero-order valence-electron chi connectivity index (χ0n) is 9.62. The molecule has 0 fully saturated rings. The minimum atomic E-state index is -1.25. The number of nitrogens with two attached hydrogens (primary N) is 2. The fraction of sp³-hybridized carbons (Fsp3) is 0.100. The van der Waals surface area contributed by atoms with E-state index in [1.807, 2.05) is 0 Å². The van der Waals surface area contributed by atoms with E-state index < -0.39 is 11.8 Å². The van der Waals surface area contributed by atoms with Crippen LogP contribution in [0.15, 0.2) is 23.3 Å². The summed E-state index contributed by atoms with van der Waals surface area (Å²) in [5.74, 6) is 8.67. The molecule has 9 heteroatoms. The van der Waals surface area contributed by atoms with E-state index in [1.54, 1.807) is 0 Å². The van der Waals surface area contributed by atoms with Gasteiger partial charge in [0.1, 0.15) is 12.1 Å². The van der Waals surface area contributed by atoms with Crippen LogP contribution in [0.4, 0.5) is 10.1 Å². The van der Waals surface area contributed by atoms with Crippen LogP contribution in [0.1, 0.15) is 10.4 Å². The number of carbonyl (C=O) groups excluding carboxylic acids is 1. The van der Waals surface area contributed by atoms with Gasteiger partial charge in [0.25, 0.3) is 0 Å². The van der Waals surface area contributed by atoms with Crippen LogP contribution in [0, 0.1) is 5.82 Å². The van der Waals surface area contributed by atoms with Crippen LogP contribution >= 0.6 is 11.8 Å². The lowest BCUT2D eigenvalue weighted by Gasteiger charge is -2.19. The predicted octanol–water partition coefficient (Wildman–Crippen LogP) is 0.366. The molecule has 5 N–H and O–H groups in total. The van der Waals surface area contributed by atoms with E-state index in [9.17, 15) is 14.0 Å². The third kappa shape index (κ3) is 3.66. The first-order valence-corrected chi connectivity index (χ1v) is 5.91. The number of hydrogen-bond acceptors (Lipinski definition) is 6. The molecule has 0 saturated carbocycles. The number of amidine groups is 1. The van der Waals surface area contributed by atoms with Gasteiger partial charge in [-0.05, 0) is 18.2 Å². The summed E-state index contributed by atoms with van der Waals surface area (Å²) in [7, 11) is 0. The molecule has 0 aliphatic carbocycles. The molecule has 0 aliphatic rings. The Hall–Kier alpha value is -2.13. The van der Waals surface area contributed by atoms with Crippen molar-refractivity contribution in [3.63, 3.8) is 0 Å². The number of nitrogens with zero attached hydrogens (tertiary/aromatic N) is 2. The number of carboxylic acid groups (broad SMARTS) is 1. The van der Waals surface area contributed by atoms with Gasteiger partial charge in [-0.25, -0.2) is 15.0 Å². The Balaban J connectivity index is 3.02. The third-order valence-electron chi connectivity index (χ3n) is 2.05. The first kappa shape index (κ1) is 14.9. The molecule has 1 aromatic rings. The summed E-state index contributed by atoms with van der Waals surface area (Å²) in [4.78, 5) is 20.9. The Morgan fingerprint density at radius 3 is 2.74 bits per heavy atom. The van der Waals surface area contributed by atoms with Gasteiger partial charge in [0, 0.05) is 0 Å². The first-order chi connectivity index (χ1) is 9.01. The second-order valence-corrected chi connectivity index (χ2v) is 4.22. The summed E-state index contributed by atoms with van der Waals surface area (Å²) >= 11 is 0.919. The fourth-order valence-corrected chi connectivity index (χ4v) is 1.74. The molecule has 0 bridgehead atoms. The van der Waals surface area contributed by atoms with E-state index in [-0.39, 0.29) is 22.2 Å². The topological polar surface area (TPSA) is 122 Å². The average molecular weight is 286 g/mol. The van der Waals surface area contributed by atoms with E-state index in [0.29, 0.717) is 6.29 Å². The standard InChI is InChI=1S/C10H11FN4O3S/c11-7-5-6(9(17)18)1-2-8(7)15(13)10(14-12)19-4-3-16/h1-3,5H,4,12-13H2,(H,17,18)/b14-10+. The first-order valence-electron chi connectivity index (χ1n) is 4.93. The molecular weight excluding hydrogens is 275 g/mol. The molecule has 0 radical (unpaired) electrons. The van der Waals surface area contributed by atoms with Gasteiger partial charge in [0.15, 0.2) is 0 Å². The summed E-state index contributed by atoms with van der Waals surface area (Å²) in [5.41, 5.74) is -0.311. The van der Waals surface area contributed by atoms with E-state index in [4.69, 9.17) is 16.8 Å². The highest BCUT2D eigenvalue weighted by Gasteiger charge is 2.16. The lowest BCUT2D eigenvalue weighted by Crippen LogP contribution is -2.37. The van der Waals surface area contributed by atoms with Crippen molar-refractivity contribution >= 4 is 34.9 Å². The van der Waals surface area contributed by atoms with Gasteiger partial charge in [-0.1, -0.05) is 11.8 Å². The highest BCUT2D eigenvalue weighted by Crippen LogP contribution is 2.21. The minimum absolute atomic E-state index is 0.0223. The third-order valence-corrected chi connectivity index (χ3v) is 2.91. The van der Waals surface area contributed by atoms with Crippen LogP contribution in [-0.4, -0.2) is 28.3 Å². The fourth-order valence-electron chi connectivity index (χ4n) is 1.22. The number of anilines is 1. The van der Waals surface area contributed by atoms with Crippen LogP contribution in [0.3, 0.4) is 0 Å². The molecule has 0 heterocycles. The number of hydrazone groups is 1. The zero-order chi connectivity index (χ0) is 14.4. The molecule has 102 valence electrons. The maximum Gasteiger partial charge on any atom is 0.335 e. The van der Waals surface area contributed by atoms with E-state index in [1.165, 1.54) is 12.1 Å². The molecule has 0 aromatic heterocycles. The lowest BCUT2D eigenvalue weighted by molar-refractivity contribution is -0.105. The number of rotatable bonds is 4. The monoisotopic (exact) mass is 286 g/mol. The number of aldehydes is 1. The van der Waals surface area contributed by atoms with Gasteiger partial charge in [0.2, 0.25) is 5.17 Å². The number of aromatic carboxylic acids is 1.